The van der Waals surface area contributed by atoms with Crippen LogP contribution >= 0.6 is 27.5 Å². The zero-order valence-corrected chi connectivity index (χ0v) is 13.5. The molecule has 1 aromatic heterocycles. The fourth-order valence-corrected chi connectivity index (χ4v) is 2.16. The van der Waals surface area contributed by atoms with Gasteiger partial charge in [0, 0.05) is 11.0 Å². The van der Waals surface area contributed by atoms with Crippen LogP contribution in [0.5, 0.6) is 5.75 Å². The van der Waals surface area contributed by atoms with E-state index >= 15 is 0 Å². The standard InChI is InChI=1S/C15H16BrClN2O/c1-2-8-18-15-5-3-4-12(19-15)10-20-14-9-11(16)6-7-13(14)17/h3-7,9H,2,8,10H2,1H3,(H,18,19). The number of halogens is 2. The second-order valence-corrected chi connectivity index (χ2v) is 5.63. The van der Waals surface area contributed by atoms with Crippen molar-refractivity contribution in [3.63, 3.8) is 0 Å². The third-order valence-electron chi connectivity index (χ3n) is 2.63. The monoisotopic (exact) mass is 354 g/mol. The maximum Gasteiger partial charge on any atom is 0.139 e. The number of benzene rings is 1. The Morgan fingerprint density at radius 2 is 2.15 bits per heavy atom. The van der Waals surface area contributed by atoms with E-state index in [0.29, 0.717) is 17.4 Å². The highest BCUT2D eigenvalue weighted by Crippen LogP contribution is 2.28. The van der Waals surface area contributed by atoms with E-state index in [1.54, 1.807) is 6.07 Å². The fraction of sp³-hybridized carbons (Fsp3) is 0.267. The third-order valence-corrected chi connectivity index (χ3v) is 3.44. The first-order valence-electron chi connectivity index (χ1n) is 6.46. The molecular weight excluding hydrogens is 340 g/mol. The van der Waals surface area contributed by atoms with Crippen molar-refractivity contribution in [1.29, 1.82) is 0 Å². The van der Waals surface area contributed by atoms with Gasteiger partial charge in [0.05, 0.1) is 10.7 Å². The van der Waals surface area contributed by atoms with Gasteiger partial charge in [-0.05, 0) is 36.8 Å². The van der Waals surface area contributed by atoms with Gasteiger partial charge in [-0.3, -0.25) is 0 Å². The minimum absolute atomic E-state index is 0.387. The van der Waals surface area contributed by atoms with Gasteiger partial charge in [-0.2, -0.15) is 0 Å². The van der Waals surface area contributed by atoms with Crippen molar-refractivity contribution in [1.82, 2.24) is 4.98 Å². The Hall–Kier alpha value is -1.26. The van der Waals surface area contributed by atoms with Gasteiger partial charge in [0.1, 0.15) is 18.2 Å². The summed E-state index contributed by atoms with van der Waals surface area (Å²) in [5.74, 6) is 1.52. The first kappa shape index (κ1) is 15.1. The molecule has 0 amide bonds. The average molecular weight is 356 g/mol. The molecule has 0 atom stereocenters. The summed E-state index contributed by atoms with van der Waals surface area (Å²) >= 11 is 9.48. The lowest BCUT2D eigenvalue weighted by Gasteiger charge is -2.09. The molecule has 0 aliphatic rings. The fourth-order valence-electron chi connectivity index (χ4n) is 1.65. The molecule has 2 rings (SSSR count). The van der Waals surface area contributed by atoms with Crippen LogP contribution in [0.1, 0.15) is 19.0 Å². The van der Waals surface area contributed by atoms with E-state index in [2.05, 4.69) is 33.2 Å². The molecule has 0 aliphatic heterocycles. The Kier molecular flexibility index (Phi) is 5.68. The predicted molar refractivity (Wildman–Crippen MR) is 86.5 cm³/mol. The smallest absolute Gasteiger partial charge is 0.139 e. The lowest BCUT2D eigenvalue weighted by molar-refractivity contribution is 0.301. The zero-order valence-electron chi connectivity index (χ0n) is 11.2. The van der Waals surface area contributed by atoms with Gasteiger partial charge in [-0.15, -0.1) is 0 Å². The lowest BCUT2D eigenvalue weighted by Crippen LogP contribution is -2.05. The Labute approximate surface area is 132 Å². The number of anilines is 1. The van der Waals surface area contributed by atoms with Gasteiger partial charge < -0.3 is 10.1 Å². The molecule has 1 aromatic carbocycles. The van der Waals surface area contributed by atoms with Crippen LogP contribution in [-0.4, -0.2) is 11.5 Å². The van der Waals surface area contributed by atoms with Crippen molar-refractivity contribution in [3.05, 3.63) is 51.6 Å². The number of nitrogens with one attached hydrogen (secondary N) is 1. The van der Waals surface area contributed by atoms with E-state index in [-0.39, 0.29) is 0 Å². The number of hydrogen-bond acceptors (Lipinski definition) is 3. The SMILES string of the molecule is CCCNc1cccc(COc2cc(Br)ccc2Cl)n1. The van der Waals surface area contributed by atoms with E-state index in [1.807, 2.05) is 30.3 Å². The highest BCUT2D eigenvalue weighted by Gasteiger charge is 2.04. The minimum atomic E-state index is 0.387. The molecule has 0 saturated carbocycles. The van der Waals surface area contributed by atoms with E-state index in [4.69, 9.17) is 16.3 Å². The summed E-state index contributed by atoms with van der Waals surface area (Å²) in [6.07, 6.45) is 1.07. The van der Waals surface area contributed by atoms with Crippen molar-refractivity contribution in [2.45, 2.75) is 20.0 Å². The van der Waals surface area contributed by atoms with Crippen LogP contribution in [0.15, 0.2) is 40.9 Å². The first-order chi connectivity index (χ1) is 9.69. The molecule has 0 bridgehead atoms. The van der Waals surface area contributed by atoms with Crippen LogP contribution in [0.4, 0.5) is 5.82 Å². The first-order valence-corrected chi connectivity index (χ1v) is 7.64. The van der Waals surface area contributed by atoms with Crippen molar-refractivity contribution in [3.8, 4) is 5.75 Å². The largest absolute Gasteiger partial charge is 0.486 e. The molecule has 2 aromatic rings. The third kappa shape index (κ3) is 4.39. The van der Waals surface area contributed by atoms with Gasteiger partial charge in [0.2, 0.25) is 0 Å². The number of hydrogen-bond donors (Lipinski definition) is 1. The van der Waals surface area contributed by atoms with Gasteiger partial charge in [0.25, 0.3) is 0 Å². The summed E-state index contributed by atoms with van der Waals surface area (Å²) in [5.41, 5.74) is 0.863. The van der Waals surface area contributed by atoms with Crippen molar-refractivity contribution < 1.29 is 4.74 Å². The number of aromatic nitrogens is 1. The van der Waals surface area contributed by atoms with E-state index in [9.17, 15) is 0 Å². The highest BCUT2D eigenvalue weighted by molar-refractivity contribution is 9.10. The van der Waals surface area contributed by atoms with Gasteiger partial charge >= 0.3 is 0 Å². The molecule has 0 unspecified atom stereocenters. The molecule has 0 fully saturated rings. The van der Waals surface area contributed by atoms with Crippen molar-refractivity contribution in [2.75, 3.05) is 11.9 Å². The van der Waals surface area contributed by atoms with E-state index < -0.39 is 0 Å². The molecule has 20 heavy (non-hydrogen) atoms. The molecule has 1 N–H and O–H groups in total. The Morgan fingerprint density at radius 3 is 2.95 bits per heavy atom. The quantitative estimate of drug-likeness (QED) is 0.800. The molecule has 3 nitrogen and oxygen atoms in total. The molecule has 106 valence electrons. The van der Waals surface area contributed by atoms with Crippen molar-refractivity contribution in [2.24, 2.45) is 0 Å². The van der Waals surface area contributed by atoms with Crippen LogP contribution in [0.25, 0.3) is 0 Å². The van der Waals surface area contributed by atoms with Crippen LogP contribution in [-0.2, 0) is 6.61 Å². The van der Waals surface area contributed by atoms with Crippen LogP contribution in [0.2, 0.25) is 5.02 Å². The molecule has 0 saturated heterocycles. The van der Waals surface area contributed by atoms with Gasteiger partial charge in [-0.25, -0.2) is 4.98 Å². The maximum atomic E-state index is 6.08. The number of rotatable bonds is 6. The normalized spacial score (nSPS) is 10.3. The number of pyridine rings is 1. The molecule has 1 heterocycles. The highest BCUT2D eigenvalue weighted by atomic mass is 79.9. The molecule has 0 radical (unpaired) electrons. The van der Waals surface area contributed by atoms with E-state index in [1.165, 1.54) is 0 Å². The van der Waals surface area contributed by atoms with Crippen LogP contribution in [0, 0.1) is 0 Å². The molecule has 5 heteroatoms. The average Bonchev–Trinajstić information content (AvgIpc) is 2.46. The Morgan fingerprint density at radius 1 is 1.30 bits per heavy atom. The molecule has 0 aliphatic carbocycles. The summed E-state index contributed by atoms with van der Waals surface area (Å²) in [5, 5.41) is 3.84. The summed E-state index contributed by atoms with van der Waals surface area (Å²) in [7, 11) is 0. The van der Waals surface area contributed by atoms with Gasteiger partial charge in [0.15, 0.2) is 0 Å². The molecule has 0 spiro atoms. The topological polar surface area (TPSA) is 34.1 Å². The van der Waals surface area contributed by atoms with Crippen molar-refractivity contribution >= 4 is 33.3 Å². The number of nitrogens with zero attached hydrogens (tertiary/aromatic N) is 1. The molecular formula is C15H16BrClN2O. The summed E-state index contributed by atoms with van der Waals surface area (Å²) in [6.45, 7) is 3.42. The second kappa shape index (κ2) is 7.50. The summed E-state index contributed by atoms with van der Waals surface area (Å²) < 4.78 is 6.64. The minimum Gasteiger partial charge on any atom is -0.486 e. The lowest BCUT2D eigenvalue weighted by atomic mass is 10.3. The Bertz CT molecular complexity index is 578. The zero-order chi connectivity index (χ0) is 14.4. The second-order valence-electron chi connectivity index (χ2n) is 4.30. The number of ether oxygens (including phenoxy) is 1. The van der Waals surface area contributed by atoms with E-state index in [0.717, 1.165) is 29.0 Å². The van der Waals surface area contributed by atoms with Crippen LogP contribution < -0.4 is 10.1 Å². The summed E-state index contributed by atoms with van der Waals surface area (Å²) in [6, 6.07) is 11.4. The van der Waals surface area contributed by atoms with Crippen LogP contribution in [0.3, 0.4) is 0 Å². The maximum absolute atomic E-state index is 6.08. The Balaban J connectivity index is 2.01. The summed E-state index contributed by atoms with van der Waals surface area (Å²) in [4.78, 5) is 4.49. The van der Waals surface area contributed by atoms with Gasteiger partial charge in [-0.1, -0.05) is 40.5 Å². The predicted octanol–water partition coefficient (Wildman–Crippen LogP) is 4.90.